The van der Waals surface area contributed by atoms with Crippen LogP contribution in [-0.4, -0.2) is 6.10 Å². The van der Waals surface area contributed by atoms with Crippen molar-refractivity contribution in [3.8, 4) is 11.8 Å². The van der Waals surface area contributed by atoms with Gasteiger partial charge in [-0.05, 0) is 19.1 Å². The lowest BCUT2D eigenvalue weighted by atomic mass is 10.1. The molecule has 0 bridgehead atoms. The third-order valence-corrected chi connectivity index (χ3v) is 2.65. The van der Waals surface area contributed by atoms with Crippen LogP contribution in [0.3, 0.4) is 0 Å². The van der Waals surface area contributed by atoms with E-state index in [2.05, 4.69) is 0 Å². The highest BCUT2D eigenvalue weighted by Gasteiger charge is 2.07. The van der Waals surface area contributed by atoms with Gasteiger partial charge in [-0.3, -0.25) is 0 Å². The number of nitrogens with zero attached hydrogens (tertiary/aromatic N) is 1. The normalized spacial score (nSPS) is 12.1. The largest absolute Gasteiger partial charge is 0.475 e. The fraction of sp³-hybridized carbons (Fsp3) is 0.154. The molecule has 0 amide bonds. The molecule has 16 heavy (non-hydrogen) atoms. The Hall–Kier alpha value is -1.72. The molecule has 3 heteroatoms. The predicted molar refractivity (Wildman–Crippen MR) is 64.7 cm³/mol. The molecule has 0 heterocycles. The summed E-state index contributed by atoms with van der Waals surface area (Å²) in [6.07, 6.45) is -0.468. The summed E-state index contributed by atoms with van der Waals surface area (Å²) in [7, 11) is 0. The molecule has 0 saturated heterocycles. The number of fused-ring (bicyclic) bond motifs is 1. The Bertz CT molecular complexity index is 559. The third-order valence-electron chi connectivity index (χ3n) is 2.32. The first-order chi connectivity index (χ1) is 7.72. The average molecular weight is 232 g/mol. The fourth-order valence-electron chi connectivity index (χ4n) is 1.55. The lowest BCUT2D eigenvalue weighted by molar-refractivity contribution is 0.280. The highest BCUT2D eigenvalue weighted by Crippen LogP contribution is 2.31. The zero-order valence-electron chi connectivity index (χ0n) is 8.77. The van der Waals surface area contributed by atoms with Crippen LogP contribution in [-0.2, 0) is 0 Å². The van der Waals surface area contributed by atoms with E-state index in [1.165, 1.54) is 0 Å². The van der Waals surface area contributed by atoms with Crippen molar-refractivity contribution >= 4 is 22.4 Å². The highest BCUT2D eigenvalue weighted by molar-refractivity contribution is 6.35. The van der Waals surface area contributed by atoms with E-state index in [4.69, 9.17) is 21.6 Å². The second kappa shape index (κ2) is 4.42. The van der Waals surface area contributed by atoms with Crippen molar-refractivity contribution in [3.05, 3.63) is 41.4 Å². The molecule has 2 rings (SSSR count). The van der Waals surface area contributed by atoms with Gasteiger partial charge >= 0.3 is 0 Å². The van der Waals surface area contributed by atoms with Gasteiger partial charge in [0.1, 0.15) is 11.8 Å². The Labute approximate surface area is 99.0 Å². The number of nitriles is 1. The van der Waals surface area contributed by atoms with Gasteiger partial charge in [-0.15, -0.1) is 0 Å². The summed E-state index contributed by atoms with van der Waals surface area (Å²) in [6, 6.07) is 13.3. The van der Waals surface area contributed by atoms with Crippen LogP contribution in [0.1, 0.15) is 6.92 Å². The molecule has 0 radical (unpaired) electrons. The first kappa shape index (κ1) is 10.8. The molecule has 0 aliphatic heterocycles. The van der Waals surface area contributed by atoms with Crippen molar-refractivity contribution in [1.82, 2.24) is 0 Å². The minimum atomic E-state index is -0.468. The molecule has 0 fully saturated rings. The van der Waals surface area contributed by atoms with Crippen LogP contribution in [0.15, 0.2) is 36.4 Å². The topological polar surface area (TPSA) is 33.0 Å². The maximum absolute atomic E-state index is 8.72. The molecule has 0 spiro atoms. The van der Waals surface area contributed by atoms with E-state index < -0.39 is 6.10 Å². The maximum atomic E-state index is 8.72. The average Bonchev–Trinajstić information content (AvgIpc) is 2.33. The standard InChI is InChI=1S/C13H10ClNO/c1-9(8-15)16-13-7-6-12(14)10-4-2-3-5-11(10)13/h2-7,9H,1H3. The number of hydrogen-bond acceptors (Lipinski definition) is 2. The van der Waals surface area contributed by atoms with Crippen LogP contribution in [0.4, 0.5) is 0 Å². The third kappa shape index (κ3) is 1.95. The molecular formula is C13H10ClNO. The van der Waals surface area contributed by atoms with E-state index in [0.717, 1.165) is 10.8 Å². The van der Waals surface area contributed by atoms with Gasteiger partial charge in [0.15, 0.2) is 6.10 Å². The maximum Gasteiger partial charge on any atom is 0.181 e. The van der Waals surface area contributed by atoms with Crippen LogP contribution in [0, 0.1) is 11.3 Å². The summed E-state index contributed by atoms with van der Waals surface area (Å²) in [4.78, 5) is 0. The molecule has 0 N–H and O–H groups in total. The lowest BCUT2D eigenvalue weighted by Gasteiger charge is -2.11. The van der Waals surface area contributed by atoms with Gasteiger partial charge in [0.05, 0.1) is 0 Å². The molecule has 2 aromatic carbocycles. The lowest BCUT2D eigenvalue weighted by Crippen LogP contribution is -2.08. The monoisotopic (exact) mass is 231 g/mol. The summed E-state index contributed by atoms with van der Waals surface area (Å²) < 4.78 is 5.51. The van der Waals surface area contributed by atoms with Crippen molar-refractivity contribution < 1.29 is 4.74 Å². The molecule has 0 aliphatic rings. The molecule has 0 saturated carbocycles. The number of benzene rings is 2. The van der Waals surface area contributed by atoms with Crippen molar-refractivity contribution in [2.75, 3.05) is 0 Å². The molecule has 2 aromatic rings. The minimum Gasteiger partial charge on any atom is -0.475 e. The van der Waals surface area contributed by atoms with Gasteiger partial charge in [0, 0.05) is 15.8 Å². The Balaban J connectivity index is 2.55. The zero-order chi connectivity index (χ0) is 11.5. The summed E-state index contributed by atoms with van der Waals surface area (Å²) in [5, 5.41) is 11.3. The van der Waals surface area contributed by atoms with Crippen molar-refractivity contribution in [2.45, 2.75) is 13.0 Å². The molecule has 0 aromatic heterocycles. The number of hydrogen-bond donors (Lipinski definition) is 0. The first-order valence-electron chi connectivity index (χ1n) is 4.96. The van der Waals surface area contributed by atoms with Crippen LogP contribution < -0.4 is 4.74 Å². The summed E-state index contributed by atoms with van der Waals surface area (Å²) in [5.74, 6) is 0.689. The Kier molecular flexibility index (Phi) is 2.98. The Morgan fingerprint density at radius 3 is 2.56 bits per heavy atom. The highest BCUT2D eigenvalue weighted by atomic mass is 35.5. The summed E-state index contributed by atoms with van der Waals surface area (Å²) in [5.41, 5.74) is 0. The molecule has 2 nitrogen and oxygen atoms in total. The van der Waals surface area contributed by atoms with E-state index in [1.807, 2.05) is 30.3 Å². The Morgan fingerprint density at radius 1 is 1.19 bits per heavy atom. The van der Waals surface area contributed by atoms with Gasteiger partial charge in [0.2, 0.25) is 0 Å². The number of ether oxygens (including phenoxy) is 1. The van der Waals surface area contributed by atoms with Crippen molar-refractivity contribution in [2.24, 2.45) is 0 Å². The fourth-order valence-corrected chi connectivity index (χ4v) is 1.78. The van der Waals surface area contributed by atoms with Gasteiger partial charge < -0.3 is 4.74 Å². The van der Waals surface area contributed by atoms with E-state index in [0.29, 0.717) is 10.8 Å². The molecule has 1 atom stereocenters. The molecule has 1 unspecified atom stereocenters. The van der Waals surface area contributed by atoms with Gasteiger partial charge in [-0.2, -0.15) is 5.26 Å². The Morgan fingerprint density at radius 2 is 1.88 bits per heavy atom. The first-order valence-corrected chi connectivity index (χ1v) is 5.33. The quantitative estimate of drug-likeness (QED) is 0.788. The van der Waals surface area contributed by atoms with Crippen molar-refractivity contribution in [1.29, 1.82) is 5.26 Å². The van der Waals surface area contributed by atoms with Gasteiger partial charge in [-0.25, -0.2) is 0 Å². The second-order valence-electron chi connectivity index (χ2n) is 3.48. The zero-order valence-corrected chi connectivity index (χ0v) is 9.53. The molecule has 0 aliphatic carbocycles. The molecule has 80 valence electrons. The van der Waals surface area contributed by atoms with E-state index >= 15 is 0 Å². The van der Waals surface area contributed by atoms with E-state index in [1.54, 1.807) is 19.1 Å². The summed E-state index contributed by atoms with van der Waals surface area (Å²) >= 11 is 6.08. The van der Waals surface area contributed by atoms with E-state index in [9.17, 15) is 0 Å². The van der Waals surface area contributed by atoms with Crippen molar-refractivity contribution in [3.63, 3.8) is 0 Å². The number of halogens is 1. The van der Waals surface area contributed by atoms with Crippen LogP contribution in [0.5, 0.6) is 5.75 Å². The molecular weight excluding hydrogens is 222 g/mol. The second-order valence-corrected chi connectivity index (χ2v) is 3.89. The SMILES string of the molecule is CC(C#N)Oc1ccc(Cl)c2ccccc12. The van der Waals surface area contributed by atoms with Crippen LogP contribution in [0.25, 0.3) is 10.8 Å². The summed E-state index contributed by atoms with van der Waals surface area (Å²) in [6.45, 7) is 1.71. The minimum absolute atomic E-state index is 0.468. The van der Waals surface area contributed by atoms with Crippen LogP contribution >= 0.6 is 11.6 Å². The van der Waals surface area contributed by atoms with E-state index in [-0.39, 0.29) is 0 Å². The number of rotatable bonds is 2. The van der Waals surface area contributed by atoms with Crippen LogP contribution in [0.2, 0.25) is 5.02 Å². The smallest absolute Gasteiger partial charge is 0.181 e. The van der Waals surface area contributed by atoms with Gasteiger partial charge in [0.25, 0.3) is 0 Å². The predicted octanol–water partition coefficient (Wildman–Crippen LogP) is 3.78. The van der Waals surface area contributed by atoms with Gasteiger partial charge in [-0.1, -0.05) is 35.9 Å².